The molecule has 0 saturated carbocycles. The highest BCUT2D eigenvalue weighted by atomic mass is 35.5. The molecule has 0 radical (unpaired) electrons. The molecule has 2 amide bonds. The topological polar surface area (TPSA) is 96.5 Å². The maximum Gasteiger partial charge on any atom is 0.234 e. The Morgan fingerprint density at radius 3 is 2.82 bits per heavy atom. The number of amides is 2. The zero-order valence-electron chi connectivity index (χ0n) is 19.2. The molecule has 1 aliphatic heterocycles. The second kappa shape index (κ2) is 12.1. The predicted octanol–water partition coefficient (Wildman–Crippen LogP) is 3.92. The van der Waals surface area contributed by atoms with Crippen LogP contribution < -0.4 is 20.3 Å². The highest BCUT2D eigenvalue weighted by Crippen LogP contribution is 2.31. The number of aryl methyl sites for hydroxylation is 1. The van der Waals surface area contributed by atoms with Gasteiger partial charge in [-0.2, -0.15) is 0 Å². The van der Waals surface area contributed by atoms with Crippen molar-refractivity contribution in [1.29, 1.82) is 0 Å². The Morgan fingerprint density at radius 2 is 2.12 bits per heavy atom. The predicted molar refractivity (Wildman–Crippen MR) is 132 cm³/mol. The molecule has 8 nitrogen and oxygen atoms in total. The number of rotatable bonds is 9. The monoisotopic (exact) mass is 491 g/mol. The minimum Gasteiger partial charge on any atom is -0.495 e. The normalized spacial score (nSPS) is 15.8. The van der Waals surface area contributed by atoms with Crippen molar-refractivity contribution in [2.75, 3.05) is 42.7 Å². The lowest BCUT2D eigenvalue weighted by molar-refractivity contribution is -0.125. The Hall–Kier alpha value is -2.52. The van der Waals surface area contributed by atoms with Crippen LogP contribution in [0, 0.1) is 12.8 Å². The summed E-state index contributed by atoms with van der Waals surface area (Å²) in [5.41, 5.74) is 1.43. The molecule has 0 spiro atoms. The van der Waals surface area contributed by atoms with E-state index in [1.807, 2.05) is 26.0 Å². The maximum absolute atomic E-state index is 12.4. The SMILES string of the molecule is CCCNC(=O)[C@H]1CCCN(c2ccc(SCC(=O)Nc3cc(C)c(Cl)cc3OC)nn2)C1. The van der Waals surface area contributed by atoms with Crippen molar-refractivity contribution in [3.05, 3.63) is 34.9 Å². The lowest BCUT2D eigenvalue weighted by Crippen LogP contribution is -2.43. The molecule has 1 fully saturated rings. The van der Waals surface area contributed by atoms with Gasteiger partial charge in [0.2, 0.25) is 11.8 Å². The molecule has 1 aliphatic rings. The number of nitrogens with one attached hydrogen (secondary N) is 2. The Morgan fingerprint density at radius 1 is 1.30 bits per heavy atom. The summed E-state index contributed by atoms with van der Waals surface area (Å²) in [6.45, 7) is 6.11. The number of carbonyl (C=O) groups is 2. The van der Waals surface area contributed by atoms with E-state index in [0.717, 1.165) is 37.2 Å². The summed E-state index contributed by atoms with van der Waals surface area (Å²) in [5, 5.41) is 15.7. The first-order valence-electron chi connectivity index (χ1n) is 11.0. The fourth-order valence-electron chi connectivity index (χ4n) is 3.61. The van der Waals surface area contributed by atoms with Crippen LogP contribution in [0.25, 0.3) is 0 Å². The average molecular weight is 492 g/mol. The van der Waals surface area contributed by atoms with E-state index in [-0.39, 0.29) is 23.5 Å². The van der Waals surface area contributed by atoms with Crippen LogP contribution in [-0.4, -0.2) is 54.5 Å². The lowest BCUT2D eigenvalue weighted by Gasteiger charge is -2.32. The smallest absolute Gasteiger partial charge is 0.234 e. The molecule has 1 atom stereocenters. The number of carbonyl (C=O) groups excluding carboxylic acids is 2. The lowest BCUT2D eigenvalue weighted by atomic mass is 9.97. The van der Waals surface area contributed by atoms with Crippen LogP contribution in [0.2, 0.25) is 5.02 Å². The van der Waals surface area contributed by atoms with Crippen molar-refractivity contribution < 1.29 is 14.3 Å². The quantitative estimate of drug-likeness (QED) is 0.513. The second-order valence-corrected chi connectivity index (χ2v) is 9.35. The summed E-state index contributed by atoms with van der Waals surface area (Å²) in [4.78, 5) is 26.8. The summed E-state index contributed by atoms with van der Waals surface area (Å²) in [7, 11) is 1.53. The molecule has 0 aliphatic carbocycles. The summed E-state index contributed by atoms with van der Waals surface area (Å²) in [6, 6.07) is 7.22. The zero-order chi connectivity index (χ0) is 23.8. The molecule has 1 aromatic heterocycles. The molecule has 0 bridgehead atoms. The van der Waals surface area contributed by atoms with Gasteiger partial charge in [-0.25, -0.2) is 0 Å². The third kappa shape index (κ3) is 6.98. The van der Waals surface area contributed by atoms with Crippen molar-refractivity contribution in [1.82, 2.24) is 15.5 Å². The van der Waals surface area contributed by atoms with Gasteiger partial charge in [0.1, 0.15) is 10.8 Å². The third-order valence-electron chi connectivity index (χ3n) is 5.40. The van der Waals surface area contributed by atoms with Gasteiger partial charge in [-0.05, 0) is 49.9 Å². The van der Waals surface area contributed by atoms with Crippen molar-refractivity contribution >= 4 is 46.7 Å². The van der Waals surface area contributed by atoms with Gasteiger partial charge >= 0.3 is 0 Å². The number of piperidine rings is 1. The Balaban J connectivity index is 1.53. The van der Waals surface area contributed by atoms with Crippen LogP contribution in [0.4, 0.5) is 11.5 Å². The van der Waals surface area contributed by atoms with Crippen LogP contribution in [-0.2, 0) is 9.59 Å². The second-order valence-electron chi connectivity index (χ2n) is 7.94. The molecular weight excluding hydrogens is 462 g/mol. The van der Waals surface area contributed by atoms with Gasteiger partial charge in [0.05, 0.1) is 24.5 Å². The number of hydrogen-bond acceptors (Lipinski definition) is 7. The van der Waals surface area contributed by atoms with Gasteiger partial charge in [-0.3, -0.25) is 9.59 Å². The van der Waals surface area contributed by atoms with Gasteiger partial charge in [0.15, 0.2) is 5.82 Å². The van der Waals surface area contributed by atoms with Crippen molar-refractivity contribution in [2.45, 2.75) is 38.1 Å². The molecule has 2 aromatic rings. The molecular formula is C23H30ClN5O3S. The van der Waals surface area contributed by atoms with Crippen molar-refractivity contribution in [2.24, 2.45) is 5.92 Å². The number of aromatic nitrogens is 2. The average Bonchev–Trinajstić information content (AvgIpc) is 2.83. The van der Waals surface area contributed by atoms with Crippen molar-refractivity contribution in [3.63, 3.8) is 0 Å². The molecule has 0 unspecified atom stereocenters. The standard InChI is InChI=1S/C23H30ClN5O3S/c1-4-9-25-23(31)16-6-5-10-29(13-16)20-7-8-22(28-27-20)33-14-21(30)26-18-11-15(2)17(24)12-19(18)32-3/h7-8,11-12,16H,4-6,9-10,13-14H2,1-3H3,(H,25,31)(H,26,30)/t16-/m0/s1. The third-order valence-corrected chi connectivity index (χ3v) is 6.72. The number of thioether (sulfide) groups is 1. The Kier molecular flexibility index (Phi) is 9.20. The van der Waals surface area contributed by atoms with E-state index < -0.39 is 0 Å². The van der Waals surface area contributed by atoms with Crippen LogP contribution in [0.1, 0.15) is 31.7 Å². The number of methoxy groups -OCH3 is 1. The van der Waals surface area contributed by atoms with Gasteiger partial charge < -0.3 is 20.3 Å². The van der Waals surface area contributed by atoms with E-state index in [2.05, 4.69) is 25.7 Å². The van der Waals surface area contributed by atoms with Crippen LogP contribution in [0.3, 0.4) is 0 Å². The molecule has 2 N–H and O–H groups in total. The fourth-order valence-corrected chi connectivity index (χ4v) is 4.37. The maximum atomic E-state index is 12.4. The molecule has 1 saturated heterocycles. The molecule has 178 valence electrons. The Bertz CT molecular complexity index is 973. The van der Waals surface area contributed by atoms with E-state index in [4.69, 9.17) is 16.3 Å². The molecule has 2 heterocycles. The van der Waals surface area contributed by atoms with Gasteiger partial charge in [0, 0.05) is 30.7 Å². The van der Waals surface area contributed by atoms with E-state index in [0.29, 0.717) is 34.6 Å². The summed E-state index contributed by atoms with van der Waals surface area (Å²) in [6.07, 6.45) is 2.76. The minimum absolute atomic E-state index is 0.0293. The Labute approximate surface area is 203 Å². The van der Waals surface area contributed by atoms with Crippen LogP contribution in [0.5, 0.6) is 5.75 Å². The molecule has 33 heavy (non-hydrogen) atoms. The van der Waals surface area contributed by atoms with Crippen molar-refractivity contribution in [3.8, 4) is 5.75 Å². The summed E-state index contributed by atoms with van der Waals surface area (Å²) in [5.74, 6) is 1.35. The van der Waals surface area contributed by atoms with Crippen LogP contribution >= 0.6 is 23.4 Å². The molecule has 1 aromatic carbocycles. The number of anilines is 2. The first-order valence-corrected chi connectivity index (χ1v) is 12.4. The minimum atomic E-state index is -0.178. The van der Waals surface area contributed by atoms with Gasteiger partial charge in [-0.15, -0.1) is 10.2 Å². The highest BCUT2D eigenvalue weighted by molar-refractivity contribution is 7.99. The van der Waals surface area contributed by atoms with E-state index in [1.165, 1.54) is 18.9 Å². The zero-order valence-corrected chi connectivity index (χ0v) is 20.8. The number of nitrogens with zero attached hydrogens (tertiary/aromatic N) is 3. The summed E-state index contributed by atoms with van der Waals surface area (Å²) >= 11 is 7.42. The van der Waals surface area contributed by atoms with E-state index in [9.17, 15) is 9.59 Å². The largest absolute Gasteiger partial charge is 0.495 e. The summed E-state index contributed by atoms with van der Waals surface area (Å²) < 4.78 is 5.30. The first kappa shape index (κ1) is 25.1. The number of benzene rings is 1. The van der Waals surface area contributed by atoms with Gasteiger partial charge in [-0.1, -0.05) is 30.3 Å². The number of ether oxygens (including phenoxy) is 1. The molecule has 10 heteroatoms. The highest BCUT2D eigenvalue weighted by Gasteiger charge is 2.26. The van der Waals surface area contributed by atoms with E-state index in [1.54, 1.807) is 12.1 Å². The number of halogens is 1. The van der Waals surface area contributed by atoms with Gasteiger partial charge in [0.25, 0.3) is 0 Å². The molecule has 3 rings (SSSR count). The van der Waals surface area contributed by atoms with E-state index >= 15 is 0 Å². The number of hydrogen-bond donors (Lipinski definition) is 2. The first-order chi connectivity index (χ1) is 15.9. The fraction of sp³-hybridized carbons (Fsp3) is 0.478. The van der Waals surface area contributed by atoms with Crippen LogP contribution in [0.15, 0.2) is 29.3 Å².